The van der Waals surface area contributed by atoms with Gasteiger partial charge >= 0.3 is 0 Å². The van der Waals surface area contributed by atoms with Crippen LogP contribution in [0.4, 0.5) is 0 Å². The van der Waals surface area contributed by atoms with Gasteiger partial charge in [0.15, 0.2) is 11.7 Å². The van der Waals surface area contributed by atoms with Crippen molar-refractivity contribution in [2.45, 2.75) is 57.0 Å². The van der Waals surface area contributed by atoms with Crippen LogP contribution >= 0.6 is 0 Å². The van der Waals surface area contributed by atoms with E-state index in [0.717, 1.165) is 12.8 Å². The molecule has 0 bridgehead atoms. The van der Waals surface area contributed by atoms with E-state index in [1.807, 2.05) is 6.92 Å². The lowest BCUT2D eigenvalue weighted by molar-refractivity contribution is -0.186. The molecule has 1 aliphatic heterocycles. The number of nitrogens with zero attached hydrogens (tertiary/aromatic N) is 1. The SMILES string of the molecule is COCC(C)NC(N)=NCC1COC2(CCCCC2)O1. The Morgan fingerprint density at radius 3 is 2.90 bits per heavy atom. The minimum Gasteiger partial charge on any atom is -0.383 e. The van der Waals surface area contributed by atoms with E-state index in [2.05, 4.69) is 10.3 Å². The first-order valence-electron chi connectivity index (χ1n) is 7.51. The first-order valence-corrected chi connectivity index (χ1v) is 7.51. The normalized spacial score (nSPS) is 27.7. The molecule has 1 saturated heterocycles. The number of nitrogens with one attached hydrogen (secondary N) is 1. The van der Waals surface area contributed by atoms with Crippen molar-refractivity contribution < 1.29 is 14.2 Å². The summed E-state index contributed by atoms with van der Waals surface area (Å²) < 4.78 is 17.0. The molecular weight excluding hydrogens is 258 g/mol. The van der Waals surface area contributed by atoms with Crippen molar-refractivity contribution in [1.29, 1.82) is 0 Å². The Bertz CT molecular complexity index is 330. The number of nitrogens with two attached hydrogens (primary N) is 1. The molecule has 2 atom stereocenters. The number of hydrogen-bond donors (Lipinski definition) is 2. The zero-order valence-electron chi connectivity index (χ0n) is 12.6. The molecule has 1 saturated carbocycles. The quantitative estimate of drug-likeness (QED) is 0.582. The number of methoxy groups -OCH3 is 1. The summed E-state index contributed by atoms with van der Waals surface area (Å²) in [6, 6.07) is 0.147. The third-order valence-electron chi connectivity index (χ3n) is 3.81. The fraction of sp³-hybridized carbons (Fsp3) is 0.929. The van der Waals surface area contributed by atoms with E-state index >= 15 is 0 Å². The second-order valence-electron chi connectivity index (χ2n) is 5.75. The highest BCUT2D eigenvalue weighted by atomic mass is 16.7. The van der Waals surface area contributed by atoms with Gasteiger partial charge in [-0.3, -0.25) is 4.99 Å². The summed E-state index contributed by atoms with van der Waals surface area (Å²) in [5.41, 5.74) is 5.84. The van der Waals surface area contributed by atoms with Gasteiger partial charge in [-0.25, -0.2) is 0 Å². The Morgan fingerprint density at radius 1 is 1.45 bits per heavy atom. The van der Waals surface area contributed by atoms with E-state index in [1.54, 1.807) is 7.11 Å². The van der Waals surface area contributed by atoms with E-state index in [1.165, 1.54) is 19.3 Å². The number of hydrogen-bond acceptors (Lipinski definition) is 4. The molecule has 1 aliphatic carbocycles. The lowest BCUT2D eigenvalue weighted by atomic mass is 9.94. The molecule has 0 aromatic carbocycles. The summed E-state index contributed by atoms with van der Waals surface area (Å²) in [6.45, 7) is 3.76. The highest BCUT2D eigenvalue weighted by molar-refractivity contribution is 5.78. The minimum atomic E-state index is -0.329. The van der Waals surface area contributed by atoms with Crippen molar-refractivity contribution in [1.82, 2.24) is 5.32 Å². The summed E-state index contributed by atoms with van der Waals surface area (Å²) in [5, 5.41) is 3.08. The van der Waals surface area contributed by atoms with Gasteiger partial charge in [0.05, 0.1) is 19.8 Å². The molecule has 2 fully saturated rings. The Labute approximate surface area is 121 Å². The number of rotatable bonds is 5. The first-order chi connectivity index (χ1) is 9.63. The molecule has 6 heteroatoms. The van der Waals surface area contributed by atoms with Crippen molar-refractivity contribution in [3.63, 3.8) is 0 Å². The van der Waals surface area contributed by atoms with Gasteiger partial charge in [0.2, 0.25) is 0 Å². The van der Waals surface area contributed by atoms with Gasteiger partial charge in [0, 0.05) is 26.0 Å². The summed E-state index contributed by atoms with van der Waals surface area (Å²) in [5.74, 6) is 0.104. The Hall–Kier alpha value is -0.850. The standard InChI is InChI=1S/C14H27N3O3/c1-11(9-18-2)17-13(15)16-8-12-10-19-14(20-12)6-4-3-5-7-14/h11-12H,3-10H2,1-2H3,(H3,15,16,17). The van der Waals surface area contributed by atoms with Crippen LogP contribution in [0.5, 0.6) is 0 Å². The Morgan fingerprint density at radius 2 is 2.20 bits per heavy atom. The molecule has 2 aliphatic rings. The third kappa shape index (κ3) is 4.33. The van der Waals surface area contributed by atoms with Crippen LogP contribution in [-0.4, -0.2) is 50.8 Å². The lowest BCUT2D eigenvalue weighted by Crippen LogP contribution is -2.41. The van der Waals surface area contributed by atoms with Crippen LogP contribution in [0.1, 0.15) is 39.0 Å². The molecule has 0 amide bonds. The van der Waals surface area contributed by atoms with Crippen LogP contribution < -0.4 is 11.1 Å². The van der Waals surface area contributed by atoms with Crippen molar-refractivity contribution in [2.75, 3.05) is 26.9 Å². The lowest BCUT2D eigenvalue weighted by Gasteiger charge is -2.31. The van der Waals surface area contributed by atoms with Crippen molar-refractivity contribution >= 4 is 5.96 Å². The Balaban J connectivity index is 1.74. The van der Waals surface area contributed by atoms with E-state index in [-0.39, 0.29) is 17.9 Å². The van der Waals surface area contributed by atoms with Crippen LogP contribution in [0.3, 0.4) is 0 Å². The molecule has 0 aromatic rings. The van der Waals surface area contributed by atoms with Crippen LogP contribution in [0.2, 0.25) is 0 Å². The highest BCUT2D eigenvalue weighted by Crippen LogP contribution is 2.37. The first kappa shape index (κ1) is 15.5. The number of guanidine groups is 1. The molecule has 6 nitrogen and oxygen atoms in total. The van der Waals surface area contributed by atoms with Crippen molar-refractivity contribution in [3.05, 3.63) is 0 Å². The maximum atomic E-state index is 6.06. The maximum absolute atomic E-state index is 6.06. The van der Waals surface area contributed by atoms with E-state index < -0.39 is 0 Å². The molecular formula is C14H27N3O3. The molecule has 116 valence electrons. The van der Waals surface area contributed by atoms with E-state index in [9.17, 15) is 0 Å². The summed E-state index contributed by atoms with van der Waals surface area (Å²) in [7, 11) is 1.67. The molecule has 2 unspecified atom stereocenters. The number of ether oxygens (including phenoxy) is 3. The van der Waals surface area contributed by atoms with Gasteiger partial charge in [-0.05, 0) is 19.8 Å². The second-order valence-corrected chi connectivity index (χ2v) is 5.75. The van der Waals surface area contributed by atoms with E-state index in [0.29, 0.717) is 25.7 Å². The smallest absolute Gasteiger partial charge is 0.188 e. The highest BCUT2D eigenvalue weighted by Gasteiger charge is 2.41. The maximum Gasteiger partial charge on any atom is 0.188 e. The van der Waals surface area contributed by atoms with Crippen LogP contribution in [0.15, 0.2) is 4.99 Å². The topological polar surface area (TPSA) is 78.1 Å². The average Bonchev–Trinajstić information content (AvgIpc) is 2.80. The van der Waals surface area contributed by atoms with Crippen molar-refractivity contribution in [3.8, 4) is 0 Å². The van der Waals surface area contributed by atoms with Crippen LogP contribution in [0, 0.1) is 0 Å². The van der Waals surface area contributed by atoms with Crippen molar-refractivity contribution in [2.24, 2.45) is 10.7 Å². The monoisotopic (exact) mass is 285 g/mol. The molecule has 1 heterocycles. The zero-order valence-corrected chi connectivity index (χ0v) is 12.6. The van der Waals surface area contributed by atoms with Gasteiger partial charge < -0.3 is 25.3 Å². The predicted octanol–water partition coefficient (Wildman–Crippen LogP) is 1.00. The molecule has 2 rings (SSSR count). The van der Waals surface area contributed by atoms with Gasteiger partial charge in [-0.2, -0.15) is 0 Å². The summed E-state index contributed by atoms with van der Waals surface area (Å²) in [4.78, 5) is 4.33. The molecule has 20 heavy (non-hydrogen) atoms. The van der Waals surface area contributed by atoms with Crippen LogP contribution in [0.25, 0.3) is 0 Å². The van der Waals surface area contributed by atoms with E-state index in [4.69, 9.17) is 19.9 Å². The molecule has 0 aromatic heterocycles. The third-order valence-corrected chi connectivity index (χ3v) is 3.81. The average molecular weight is 285 g/mol. The predicted molar refractivity (Wildman–Crippen MR) is 77.6 cm³/mol. The molecule has 1 spiro atoms. The second kappa shape index (κ2) is 7.24. The van der Waals surface area contributed by atoms with Gasteiger partial charge in [-0.1, -0.05) is 6.42 Å². The largest absolute Gasteiger partial charge is 0.383 e. The van der Waals surface area contributed by atoms with Gasteiger partial charge in [0.1, 0.15) is 6.10 Å². The Kier molecular flexibility index (Phi) is 5.63. The minimum absolute atomic E-state index is 0.0196. The molecule has 0 radical (unpaired) electrons. The van der Waals surface area contributed by atoms with Crippen LogP contribution in [-0.2, 0) is 14.2 Å². The summed E-state index contributed by atoms with van der Waals surface area (Å²) in [6.07, 6.45) is 5.69. The fourth-order valence-electron chi connectivity index (χ4n) is 2.85. The zero-order chi connectivity index (χ0) is 14.4. The fourth-order valence-corrected chi connectivity index (χ4v) is 2.85. The molecule has 3 N–H and O–H groups in total. The number of aliphatic imine (C=N–C) groups is 1. The summed E-state index contributed by atoms with van der Waals surface area (Å²) >= 11 is 0. The van der Waals surface area contributed by atoms with Gasteiger partial charge in [0.25, 0.3) is 0 Å². The van der Waals surface area contributed by atoms with Gasteiger partial charge in [-0.15, -0.1) is 0 Å².